The van der Waals surface area contributed by atoms with E-state index in [0.717, 1.165) is 81.8 Å². The Morgan fingerprint density at radius 1 is 1.07 bits per heavy atom. The second-order valence-corrected chi connectivity index (χ2v) is 15.4. The standard InChI is InChI=1S/C35H44ClN3O3S/c1-4-43(39-34(41)35-19-24-16-25(20-35)18-26(17-24)21-35)13-11-37-33(40)32-29(28-8-5-6-10-30(28)38-32)9-7-12-42-27-14-22(2)31(36)23(3)15-27/h4-6,8,10,14-15,24-26,38H,7,9,11-13,16-21H2,1-3H3,(H,37,40)(H,39,41). The monoisotopic (exact) mass is 621 g/mol. The number of fused-ring (bicyclic) bond motifs is 1. The van der Waals surface area contributed by atoms with Gasteiger partial charge in [-0.3, -0.25) is 9.59 Å². The van der Waals surface area contributed by atoms with Gasteiger partial charge >= 0.3 is 0 Å². The number of aryl methyl sites for hydroxylation is 3. The highest BCUT2D eigenvalue weighted by Gasteiger charge is 2.54. The van der Waals surface area contributed by atoms with Gasteiger partial charge in [0.2, 0.25) is 5.91 Å². The van der Waals surface area contributed by atoms with Gasteiger partial charge < -0.3 is 19.8 Å². The second kappa shape index (κ2) is 12.7. The highest BCUT2D eigenvalue weighted by molar-refractivity contribution is 8.13. The number of hydrogen-bond acceptors (Lipinski definition) is 3. The van der Waals surface area contributed by atoms with E-state index >= 15 is 0 Å². The molecule has 2 amide bonds. The molecular formula is C35H44ClN3O3S. The number of para-hydroxylation sites is 1. The summed E-state index contributed by atoms with van der Waals surface area (Å²) in [6.07, 6.45) is 8.67. The lowest BCUT2D eigenvalue weighted by molar-refractivity contribution is -0.144. The number of carbonyl (C=O) groups excluding carboxylic acids is 2. The van der Waals surface area contributed by atoms with Gasteiger partial charge in [-0.05, 0) is 130 Å². The number of nitrogens with one attached hydrogen (secondary N) is 3. The lowest BCUT2D eigenvalue weighted by Crippen LogP contribution is -2.53. The van der Waals surface area contributed by atoms with E-state index in [0.29, 0.717) is 31.0 Å². The summed E-state index contributed by atoms with van der Waals surface area (Å²) >= 11 is 6.30. The number of rotatable bonds is 11. The Morgan fingerprint density at radius 3 is 2.37 bits per heavy atom. The predicted molar refractivity (Wildman–Crippen MR) is 178 cm³/mol. The lowest BCUT2D eigenvalue weighted by atomic mass is 9.49. The molecule has 1 heterocycles. The third-order valence-electron chi connectivity index (χ3n) is 9.93. The molecule has 4 saturated carbocycles. The molecule has 7 rings (SSSR count). The third kappa shape index (κ3) is 6.39. The van der Waals surface area contributed by atoms with Crippen LogP contribution in [-0.2, 0) is 11.2 Å². The van der Waals surface area contributed by atoms with Crippen LogP contribution >= 0.6 is 22.3 Å². The van der Waals surface area contributed by atoms with E-state index in [1.807, 2.05) is 51.1 Å². The van der Waals surface area contributed by atoms with E-state index in [1.165, 1.54) is 19.3 Å². The van der Waals surface area contributed by atoms with Crippen LogP contribution in [0, 0.1) is 37.0 Å². The molecule has 1 aromatic heterocycles. The van der Waals surface area contributed by atoms with Crippen molar-refractivity contribution in [1.82, 2.24) is 15.0 Å². The Bertz CT molecular complexity index is 1500. The van der Waals surface area contributed by atoms with E-state index in [9.17, 15) is 9.59 Å². The van der Waals surface area contributed by atoms with Gasteiger partial charge in [0.15, 0.2) is 0 Å². The molecule has 4 aliphatic rings. The number of H-pyrrole nitrogens is 1. The number of aromatic nitrogens is 1. The number of amides is 2. The molecule has 0 saturated heterocycles. The molecule has 0 spiro atoms. The Labute approximate surface area is 262 Å². The minimum atomic E-state index is -0.371. The summed E-state index contributed by atoms with van der Waals surface area (Å²) in [7, 11) is -0.371. The molecule has 3 aromatic rings. The van der Waals surface area contributed by atoms with Crippen LogP contribution in [0.25, 0.3) is 10.9 Å². The summed E-state index contributed by atoms with van der Waals surface area (Å²) in [5.41, 5.74) is 4.43. The molecule has 0 radical (unpaired) electrons. The molecule has 0 aliphatic heterocycles. The van der Waals surface area contributed by atoms with Crippen molar-refractivity contribution < 1.29 is 14.3 Å². The van der Waals surface area contributed by atoms with E-state index in [1.54, 1.807) is 0 Å². The van der Waals surface area contributed by atoms with E-state index in [-0.39, 0.29) is 27.9 Å². The zero-order chi connectivity index (χ0) is 30.1. The molecular weight excluding hydrogens is 578 g/mol. The average Bonchev–Trinajstić information content (AvgIpc) is 3.35. The molecule has 6 nitrogen and oxygen atoms in total. The molecule has 43 heavy (non-hydrogen) atoms. The van der Waals surface area contributed by atoms with Crippen LogP contribution in [-0.4, -0.2) is 41.1 Å². The van der Waals surface area contributed by atoms with Crippen molar-refractivity contribution in [1.29, 1.82) is 0 Å². The molecule has 1 unspecified atom stereocenters. The number of halogens is 1. The van der Waals surface area contributed by atoms with Crippen molar-refractivity contribution in [2.45, 2.75) is 72.1 Å². The quantitative estimate of drug-likeness (QED) is 0.153. The first-order valence-corrected chi connectivity index (χ1v) is 17.7. The fraction of sp³-hybridized carbons (Fsp3) is 0.514. The van der Waals surface area contributed by atoms with Crippen molar-refractivity contribution >= 4 is 50.4 Å². The molecule has 230 valence electrons. The van der Waals surface area contributed by atoms with Gasteiger partial charge in [0, 0.05) is 28.2 Å². The van der Waals surface area contributed by atoms with Crippen molar-refractivity contribution in [2.75, 3.05) is 18.9 Å². The van der Waals surface area contributed by atoms with E-state index in [2.05, 4.69) is 26.5 Å². The number of aromatic amines is 1. The Morgan fingerprint density at radius 2 is 1.72 bits per heavy atom. The molecule has 4 bridgehead atoms. The summed E-state index contributed by atoms with van der Waals surface area (Å²) < 4.78 is 9.42. The summed E-state index contributed by atoms with van der Waals surface area (Å²) in [6.45, 7) is 7.02. The summed E-state index contributed by atoms with van der Waals surface area (Å²) in [4.78, 5) is 30.4. The van der Waals surface area contributed by atoms with Crippen LogP contribution in [0.2, 0.25) is 5.02 Å². The van der Waals surface area contributed by atoms with Crippen LogP contribution in [0.1, 0.15) is 79.0 Å². The van der Waals surface area contributed by atoms with E-state index < -0.39 is 0 Å². The van der Waals surface area contributed by atoms with Gasteiger partial charge in [-0.15, -0.1) is 0 Å². The molecule has 4 aliphatic carbocycles. The Balaban J connectivity index is 1.05. The number of hydrogen-bond donors (Lipinski definition) is 3. The largest absolute Gasteiger partial charge is 0.494 e. The van der Waals surface area contributed by atoms with E-state index in [4.69, 9.17) is 16.3 Å². The Hall–Kier alpha value is -2.77. The van der Waals surface area contributed by atoms with Crippen LogP contribution in [0.15, 0.2) is 36.4 Å². The molecule has 4 fully saturated rings. The van der Waals surface area contributed by atoms with Crippen LogP contribution in [0.5, 0.6) is 5.75 Å². The minimum absolute atomic E-state index is 0.108. The van der Waals surface area contributed by atoms with Crippen molar-refractivity contribution in [3.05, 3.63) is 63.8 Å². The van der Waals surface area contributed by atoms with Crippen LogP contribution in [0.3, 0.4) is 0 Å². The second-order valence-electron chi connectivity index (χ2n) is 13.1. The minimum Gasteiger partial charge on any atom is -0.494 e. The first-order valence-electron chi connectivity index (χ1n) is 15.8. The average molecular weight is 622 g/mol. The maximum atomic E-state index is 13.6. The van der Waals surface area contributed by atoms with Gasteiger partial charge in [0.05, 0.1) is 12.0 Å². The smallest absolute Gasteiger partial charge is 0.268 e. The van der Waals surface area contributed by atoms with Crippen LogP contribution < -0.4 is 14.8 Å². The predicted octanol–water partition coefficient (Wildman–Crippen LogP) is 7.52. The van der Waals surface area contributed by atoms with Gasteiger partial charge in [-0.25, -0.2) is 0 Å². The topological polar surface area (TPSA) is 83.2 Å². The normalized spacial score (nSPS) is 24.8. The SMILES string of the molecule is C/C=S(\CCNC(=O)c1[nH]c2ccccc2c1CCCOc1cc(C)c(Cl)c(C)c1)NC(=O)C12CC3CC(CC(C3)C1)C2. The van der Waals surface area contributed by atoms with Crippen molar-refractivity contribution in [3.63, 3.8) is 0 Å². The molecule has 3 N–H and O–H groups in total. The molecule has 2 aromatic carbocycles. The van der Waals surface area contributed by atoms with Crippen molar-refractivity contribution in [3.8, 4) is 5.75 Å². The maximum absolute atomic E-state index is 13.6. The third-order valence-corrected chi connectivity index (χ3v) is 12.2. The molecule has 1 atom stereocenters. The zero-order valence-electron chi connectivity index (χ0n) is 25.6. The first kappa shape index (κ1) is 30.3. The lowest BCUT2D eigenvalue weighted by Gasteiger charge is -2.55. The van der Waals surface area contributed by atoms with Gasteiger partial charge in [0.25, 0.3) is 5.91 Å². The van der Waals surface area contributed by atoms with Crippen LogP contribution in [0.4, 0.5) is 0 Å². The number of benzene rings is 2. The highest BCUT2D eigenvalue weighted by atomic mass is 35.5. The summed E-state index contributed by atoms with van der Waals surface area (Å²) in [5.74, 6) is 3.88. The highest BCUT2D eigenvalue weighted by Crippen LogP contribution is 2.60. The summed E-state index contributed by atoms with van der Waals surface area (Å²) in [6, 6.07) is 12.0. The van der Waals surface area contributed by atoms with Gasteiger partial charge in [-0.1, -0.05) is 40.5 Å². The molecule has 8 heteroatoms. The maximum Gasteiger partial charge on any atom is 0.268 e. The summed E-state index contributed by atoms with van der Waals surface area (Å²) in [5, 5.41) is 7.05. The van der Waals surface area contributed by atoms with Gasteiger partial charge in [0.1, 0.15) is 11.4 Å². The number of carbonyl (C=O) groups is 2. The van der Waals surface area contributed by atoms with Crippen molar-refractivity contribution in [2.24, 2.45) is 23.2 Å². The Kier molecular flexibility index (Phi) is 8.93. The number of ether oxygens (including phenoxy) is 1. The zero-order valence-corrected chi connectivity index (χ0v) is 27.1. The fourth-order valence-electron chi connectivity index (χ4n) is 8.29. The van der Waals surface area contributed by atoms with Gasteiger partial charge in [-0.2, -0.15) is 0 Å². The fourth-order valence-corrected chi connectivity index (χ4v) is 9.63. The first-order chi connectivity index (χ1) is 20.7.